The molecule has 3 heterocycles. The molecule has 1 aromatic carbocycles. The first-order valence-corrected chi connectivity index (χ1v) is 9.47. The molecule has 3 aromatic rings. The number of hydrogen-bond donors (Lipinski definition) is 0. The lowest BCUT2D eigenvalue weighted by Crippen LogP contribution is -2.41. The van der Waals surface area contributed by atoms with E-state index in [-0.39, 0.29) is 0 Å². The Morgan fingerprint density at radius 3 is 2.14 bits per heavy atom. The molecule has 7 heteroatoms. The van der Waals surface area contributed by atoms with Gasteiger partial charge in [0.1, 0.15) is 6.07 Å². The molecule has 0 atom stereocenters. The second-order valence-corrected chi connectivity index (χ2v) is 8.56. The number of benzene rings is 1. The zero-order valence-electron chi connectivity index (χ0n) is 17.5. The second-order valence-electron chi connectivity index (χ2n) is 8.56. The topological polar surface area (TPSA) is 65.0 Å². The minimum absolute atomic E-state index is 0.436. The molecule has 1 saturated heterocycles. The third kappa shape index (κ3) is 2.60. The Morgan fingerprint density at radius 2 is 1.61 bits per heavy atom. The lowest BCUT2D eigenvalue weighted by Gasteiger charge is -2.32. The van der Waals surface area contributed by atoms with Crippen LogP contribution in [0, 0.1) is 25.2 Å². The van der Waals surface area contributed by atoms with E-state index in [9.17, 15) is 5.26 Å². The van der Waals surface area contributed by atoms with Crippen LogP contribution in [-0.2, 0) is 16.4 Å². The fourth-order valence-corrected chi connectivity index (χ4v) is 3.75. The van der Waals surface area contributed by atoms with Crippen LogP contribution >= 0.6 is 0 Å². The van der Waals surface area contributed by atoms with E-state index >= 15 is 0 Å². The Bertz CT molecular complexity index is 1100. The van der Waals surface area contributed by atoms with E-state index < -0.39 is 18.3 Å². The molecule has 6 nitrogen and oxygen atoms in total. The lowest BCUT2D eigenvalue weighted by molar-refractivity contribution is 0.00578. The zero-order chi connectivity index (χ0) is 20.4. The van der Waals surface area contributed by atoms with Crippen molar-refractivity contribution in [2.24, 2.45) is 7.05 Å². The van der Waals surface area contributed by atoms with Crippen molar-refractivity contribution >= 4 is 23.6 Å². The van der Waals surface area contributed by atoms with Crippen LogP contribution < -0.4 is 5.46 Å². The quantitative estimate of drug-likeness (QED) is 0.645. The molecule has 28 heavy (non-hydrogen) atoms. The van der Waals surface area contributed by atoms with Crippen LogP contribution in [-0.4, -0.2) is 32.4 Å². The maximum absolute atomic E-state index is 9.80. The van der Waals surface area contributed by atoms with E-state index in [2.05, 4.69) is 22.8 Å². The van der Waals surface area contributed by atoms with Gasteiger partial charge in [-0.2, -0.15) is 5.26 Å². The molecule has 0 saturated carbocycles. The van der Waals surface area contributed by atoms with Crippen molar-refractivity contribution in [2.45, 2.75) is 52.7 Å². The van der Waals surface area contributed by atoms with Gasteiger partial charge in [0.05, 0.1) is 27.8 Å². The first-order chi connectivity index (χ1) is 13.1. The van der Waals surface area contributed by atoms with Gasteiger partial charge in [-0.05, 0) is 71.3 Å². The maximum Gasteiger partial charge on any atom is 0.494 e. The summed E-state index contributed by atoms with van der Waals surface area (Å²) in [5.74, 6) is 0.789. The van der Waals surface area contributed by atoms with Crippen LogP contribution in [0.4, 0.5) is 0 Å². The molecule has 0 spiro atoms. The number of aromatic nitrogens is 3. The van der Waals surface area contributed by atoms with Gasteiger partial charge in [0.25, 0.3) is 0 Å². The lowest BCUT2D eigenvalue weighted by atomic mass is 9.78. The Labute approximate surface area is 165 Å². The van der Waals surface area contributed by atoms with Crippen molar-refractivity contribution in [1.82, 2.24) is 14.1 Å². The van der Waals surface area contributed by atoms with Crippen molar-refractivity contribution in [3.63, 3.8) is 0 Å². The highest BCUT2D eigenvalue weighted by atomic mass is 16.7. The molecule has 0 amide bonds. The smallest absolute Gasteiger partial charge is 0.399 e. The molecule has 1 aliphatic rings. The Kier molecular flexibility index (Phi) is 4.01. The van der Waals surface area contributed by atoms with Crippen molar-refractivity contribution in [3.05, 3.63) is 41.2 Å². The highest BCUT2D eigenvalue weighted by molar-refractivity contribution is 6.62. The van der Waals surface area contributed by atoms with Gasteiger partial charge in [-0.1, -0.05) is 0 Å². The number of nitrogens with zero attached hydrogens (tertiary/aromatic N) is 4. The van der Waals surface area contributed by atoms with E-state index in [0.29, 0.717) is 5.56 Å². The van der Waals surface area contributed by atoms with E-state index in [1.165, 1.54) is 0 Å². The maximum atomic E-state index is 9.80. The largest absolute Gasteiger partial charge is 0.494 e. The van der Waals surface area contributed by atoms with Crippen LogP contribution in [0.2, 0.25) is 0 Å². The summed E-state index contributed by atoms with van der Waals surface area (Å²) in [6.07, 6.45) is 0. The van der Waals surface area contributed by atoms with E-state index in [1.54, 1.807) is 0 Å². The Balaban J connectivity index is 1.89. The van der Waals surface area contributed by atoms with E-state index in [4.69, 9.17) is 14.3 Å². The predicted octanol–water partition coefficient (Wildman–Crippen LogP) is 3.15. The molecule has 1 fully saturated rings. The minimum Gasteiger partial charge on any atom is -0.399 e. The molecular formula is C21H25BN4O2. The summed E-state index contributed by atoms with van der Waals surface area (Å²) in [7, 11) is 1.42. The molecule has 2 aromatic heterocycles. The van der Waals surface area contributed by atoms with E-state index in [1.807, 2.05) is 65.3 Å². The van der Waals surface area contributed by atoms with Crippen LogP contribution in [0.5, 0.6) is 0 Å². The van der Waals surface area contributed by atoms with Gasteiger partial charge in [-0.25, -0.2) is 4.98 Å². The van der Waals surface area contributed by atoms with Gasteiger partial charge >= 0.3 is 7.12 Å². The van der Waals surface area contributed by atoms with E-state index in [0.717, 1.165) is 33.8 Å². The zero-order valence-corrected chi connectivity index (χ0v) is 17.5. The molecule has 4 rings (SSSR count). The van der Waals surface area contributed by atoms with Gasteiger partial charge < -0.3 is 13.9 Å². The molecule has 0 aliphatic carbocycles. The van der Waals surface area contributed by atoms with Crippen molar-refractivity contribution in [2.75, 3.05) is 0 Å². The average Bonchev–Trinajstić information content (AvgIpc) is 3.19. The minimum atomic E-state index is -0.526. The Morgan fingerprint density at radius 1 is 1.04 bits per heavy atom. The van der Waals surface area contributed by atoms with Gasteiger partial charge in [-0.15, -0.1) is 0 Å². The van der Waals surface area contributed by atoms with Crippen molar-refractivity contribution in [3.8, 4) is 12.0 Å². The second kappa shape index (κ2) is 5.97. The highest BCUT2D eigenvalue weighted by Crippen LogP contribution is 2.37. The molecule has 144 valence electrons. The summed E-state index contributed by atoms with van der Waals surface area (Å²) in [4.78, 5) is 4.85. The number of nitriles is 1. The molecule has 0 radical (unpaired) electrons. The fourth-order valence-electron chi connectivity index (χ4n) is 3.75. The van der Waals surface area contributed by atoms with Crippen LogP contribution in [0.3, 0.4) is 0 Å². The molecule has 0 N–H and O–H groups in total. The number of fused-ring (bicyclic) bond motifs is 1. The van der Waals surface area contributed by atoms with Gasteiger partial charge in [-0.3, -0.25) is 4.57 Å². The highest BCUT2D eigenvalue weighted by Gasteiger charge is 2.51. The van der Waals surface area contributed by atoms with Gasteiger partial charge in [0.2, 0.25) is 5.95 Å². The first-order valence-electron chi connectivity index (χ1n) is 9.47. The molecule has 0 unspecified atom stereocenters. The monoisotopic (exact) mass is 376 g/mol. The number of hydrogen-bond acceptors (Lipinski definition) is 4. The number of rotatable bonds is 2. The summed E-state index contributed by atoms with van der Waals surface area (Å²) in [6.45, 7) is 12.2. The van der Waals surface area contributed by atoms with Crippen molar-refractivity contribution in [1.29, 1.82) is 5.26 Å². The van der Waals surface area contributed by atoms with Gasteiger partial charge in [0, 0.05) is 18.4 Å². The summed E-state index contributed by atoms with van der Waals surface area (Å²) >= 11 is 0. The standard InChI is InChI=1S/C21H25BN4O2/c1-13-8-9-14(2)26(13)19-24-17-11-16(10-15(12-23)18(17)25(19)7)22-27-20(3,4)21(5,6)28-22/h8-11H,1-7H3. The third-order valence-electron chi connectivity index (χ3n) is 6.09. The van der Waals surface area contributed by atoms with Crippen LogP contribution in [0.15, 0.2) is 24.3 Å². The molecular weight excluding hydrogens is 351 g/mol. The average molecular weight is 376 g/mol. The normalized spacial score (nSPS) is 18.0. The van der Waals surface area contributed by atoms with Crippen LogP contribution in [0.25, 0.3) is 17.0 Å². The van der Waals surface area contributed by atoms with Crippen molar-refractivity contribution < 1.29 is 9.31 Å². The summed E-state index contributed by atoms with van der Waals surface area (Å²) in [5, 5.41) is 9.80. The third-order valence-corrected chi connectivity index (χ3v) is 6.09. The summed E-state index contributed by atoms with van der Waals surface area (Å²) in [5.41, 5.74) is 4.27. The van der Waals surface area contributed by atoms with Crippen LogP contribution in [0.1, 0.15) is 44.6 Å². The van der Waals surface area contributed by atoms with Gasteiger partial charge in [0.15, 0.2) is 0 Å². The molecule has 0 bridgehead atoms. The molecule has 1 aliphatic heterocycles. The fraction of sp³-hybridized carbons (Fsp3) is 0.429. The Hall–Kier alpha value is -2.56. The summed E-state index contributed by atoms with van der Waals surface area (Å²) in [6, 6.07) is 10.3. The number of aryl methyl sites for hydroxylation is 3. The number of imidazole rings is 1. The SMILES string of the molecule is Cc1ccc(C)n1-c1nc2cc(B3OC(C)(C)C(C)(C)O3)cc(C#N)c2n1C. The predicted molar refractivity (Wildman–Crippen MR) is 110 cm³/mol. The first kappa shape index (κ1) is 18.8. The summed E-state index contributed by atoms with van der Waals surface area (Å²) < 4.78 is 16.4.